The normalized spacial score (nSPS) is 16.1. The number of carbonyl (C=O) groups is 2. The van der Waals surface area contributed by atoms with Gasteiger partial charge in [0.25, 0.3) is 5.91 Å². The first-order valence-corrected chi connectivity index (χ1v) is 9.80. The van der Waals surface area contributed by atoms with E-state index in [0.29, 0.717) is 27.9 Å². The molecule has 0 aromatic heterocycles. The second kappa shape index (κ2) is 9.49. The van der Waals surface area contributed by atoms with Crippen molar-refractivity contribution in [2.75, 3.05) is 13.2 Å². The van der Waals surface area contributed by atoms with E-state index in [0.717, 1.165) is 5.75 Å². The smallest absolute Gasteiger partial charge is 0.341 e. The zero-order valence-electron chi connectivity index (χ0n) is 15.3. The van der Waals surface area contributed by atoms with Crippen LogP contribution in [0.3, 0.4) is 0 Å². The van der Waals surface area contributed by atoms with Crippen LogP contribution >= 0.6 is 23.4 Å². The molecule has 1 aliphatic rings. The molecule has 7 nitrogen and oxygen atoms in total. The van der Waals surface area contributed by atoms with Crippen molar-refractivity contribution in [2.24, 2.45) is 4.99 Å². The SMILES string of the molecule is CCOc1ccc(N=C2NC(=O)C(=Cc3ccc(OCC(=O)O)c(Cl)c3)S2)cc1. The first kappa shape index (κ1) is 20.8. The number of benzene rings is 2. The Morgan fingerprint density at radius 1 is 1.24 bits per heavy atom. The summed E-state index contributed by atoms with van der Waals surface area (Å²) in [5, 5.41) is 12.1. The molecule has 0 saturated carbocycles. The van der Waals surface area contributed by atoms with Gasteiger partial charge in [-0.15, -0.1) is 0 Å². The fourth-order valence-electron chi connectivity index (χ4n) is 2.40. The Morgan fingerprint density at radius 3 is 2.66 bits per heavy atom. The average Bonchev–Trinajstić information content (AvgIpc) is 3.01. The summed E-state index contributed by atoms with van der Waals surface area (Å²) in [5.74, 6) is -0.335. The highest BCUT2D eigenvalue weighted by Gasteiger charge is 2.24. The summed E-state index contributed by atoms with van der Waals surface area (Å²) in [7, 11) is 0. The van der Waals surface area contributed by atoms with Gasteiger partial charge < -0.3 is 19.9 Å². The lowest BCUT2D eigenvalue weighted by atomic mass is 10.2. The third-order valence-corrected chi connectivity index (χ3v) is 4.84. The Hall–Kier alpha value is -2.97. The Kier molecular flexibility index (Phi) is 6.79. The topological polar surface area (TPSA) is 97.2 Å². The van der Waals surface area contributed by atoms with Gasteiger partial charge >= 0.3 is 5.97 Å². The number of halogens is 1. The number of amides is 1. The van der Waals surface area contributed by atoms with Crippen LogP contribution < -0.4 is 14.8 Å². The summed E-state index contributed by atoms with van der Waals surface area (Å²) in [6.07, 6.45) is 1.67. The van der Waals surface area contributed by atoms with Crippen molar-refractivity contribution in [1.82, 2.24) is 5.32 Å². The van der Waals surface area contributed by atoms with Gasteiger partial charge in [-0.25, -0.2) is 9.79 Å². The molecule has 1 aliphatic heterocycles. The molecule has 150 valence electrons. The molecule has 0 atom stereocenters. The molecule has 1 amide bonds. The lowest BCUT2D eigenvalue weighted by Gasteiger charge is -2.06. The number of carboxylic acids is 1. The fourth-order valence-corrected chi connectivity index (χ4v) is 3.48. The van der Waals surface area contributed by atoms with E-state index in [4.69, 9.17) is 26.2 Å². The van der Waals surface area contributed by atoms with Crippen LogP contribution in [0.4, 0.5) is 5.69 Å². The number of ether oxygens (including phenoxy) is 2. The van der Waals surface area contributed by atoms with Crippen LogP contribution in [0.2, 0.25) is 5.02 Å². The van der Waals surface area contributed by atoms with Gasteiger partial charge in [0.15, 0.2) is 11.8 Å². The largest absolute Gasteiger partial charge is 0.494 e. The minimum Gasteiger partial charge on any atom is -0.494 e. The molecule has 1 fully saturated rings. The number of thioether (sulfide) groups is 1. The third kappa shape index (κ3) is 5.75. The molecule has 0 spiro atoms. The number of nitrogens with zero attached hydrogens (tertiary/aromatic N) is 1. The summed E-state index contributed by atoms with van der Waals surface area (Å²) < 4.78 is 10.5. The van der Waals surface area contributed by atoms with Gasteiger partial charge in [-0.1, -0.05) is 17.7 Å². The molecule has 0 unspecified atom stereocenters. The van der Waals surface area contributed by atoms with Gasteiger partial charge in [0.05, 0.1) is 22.2 Å². The lowest BCUT2D eigenvalue weighted by molar-refractivity contribution is -0.139. The number of nitrogens with one attached hydrogen (secondary N) is 1. The van der Waals surface area contributed by atoms with Gasteiger partial charge in [0, 0.05) is 0 Å². The summed E-state index contributed by atoms with van der Waals surface area (Å²) >= 11 is 7.33. The molecule has 3 rings (SSSR count). The molecule has 29 heavy (non-hydrogen) atoms. The zero-order valence-corrected chi connectivity index (χ0v) is 16.9. The predicted molar refractivity (Wildman–Crippen MR) is 113 cm³/mol. The molecular formula is C20H17ClN2O5S. The fraction of sp³-hybridized carbons (Fsp3) is 0.150. The second-order valence-corrected chi connectivity index (χ2v) is 7.22. The third-order valence-electron chi connectivity index (χ3n) is 3.63. The molecule has 9 heteroatoms. The monoisotopic (exact) mass is 432 g/mol. The van der Waals surface area contributed by atoms with E-state index in [1.165, 1.54) is 11.8 Å². The number of aliphatic imine (C=N–C) groups is 1. The van der Waals surface area contributed by atoms with E-state index in [9.17, 15) is 9.59 Å². The maximum atomic E-state index is 12.2. The van der Waals surface area contributed by atoms with Crippen molar-refractivity contribution < 1.29 is 24.2 Å². The number of aliphatic carboxylic acids is 1. The number of amidine groups is 1. The highest BCUT2D eigenvalue weighted by atomic mass is 35.5. The van der Waals surface area contributed by atoms with Crippen LogP contribution in [0.1, 0.15) is 12.5 Å². The second-order valence-electron chi connectivity index (χ2n) is 5.78. The van der Waals surface area contributed by atoms with Gasteiger partial charge in [-0.05, 0) is 66.7 Å². The van der Waals surface area contributed by atoms with Gasteiger partial charge in [-0.3, -0.25) is 4.79 Å². The van der Waals surface area contributed by atoms with Crippen LogP contribution in [-0.2, 0) is 9.59 Å². The summed E-state index contributed by atoms with van der Waals surface area (Å²) in [5.41, 5.74) is 1.37. The van der Waals surface area contributed by atoms with E-state index in [-0.39, 0.29) is 16.7 Å². The summed E-state index contributed by atoms with van der Waals surface area (Å²) in [4.78, 5) is 27.7. The Balaban J connectivity index is 1.71. The molecular weight excluding hydrogens is 416 g/mol. The molecule has 0 aliphatic carbocycles. The maximum absolute atomic E-state index is 12.2. The van der Waals surface area contributed by atoms with Crippen LogP contribution in [0.15, 0.2) is 52.4 Å². The molecule has 0 radical (unpaired) electrons. The predicted octanol–water partition coefficient (Wildman–Crippen LogP) is 4.09. The molecule has 2 N–H and O–H groups in total. The number of hydrogen-bond donors (Lipinski definition) is 2. The highest BCUT2D eigenvalue weighted by molar-refractivity contribution is 8.18. The van der Waals surface area contributed by atoms with E-state index in [1.807, 2.05) is 31.2 Å². The number of rotatable bonds is 7. The van der Waals surface area contributed by atoms with Gasteiger partial charge in [0.1, 0.15) is 11.5 Å². The number of hydrogen-bond acceptors (Lipinski definition) is 6. The Morgan fingerprint density at radius 2 is 2.00 bits per heavy atom. The van der Waals surface area contributed by atoms with Crippen molar-refractivity contribution in [3.8, 4) is 11.5 Å². The number of carbonyl (C=O) groups excluding carboxylic acids is 1. The molecule has 2 aromatic carbocycles. The number of carboxylic acid groups (broad SMARTS) is 1. The molecule has 2 aromatic rings. The minimum absolute atomic E-state index is 0.257. The van der Waals surface area contributed by atoms with E-state index < -0.39 is 12.6 Å². The van der Waals surface area contributed by atoms with Crippen LogP contribution in [-0.4, -0.2) is 35.4 Å². The summed E-state index contributed by atoms with van der Waals surface area (Å²) in [6, 6.07) is 12.1. The average molecular weight is 433 g/mol. The quantitative estimate of drug-likeness (QED) is 0.639. The lowest BCUT2D eigenvalue weighted by Crippen LogP contribution is -2.19. The Bertz CT molecular complexity index is 989. The van der Waals surface area contributed by atoms with Crippen molar-refractivity contribution in [1.29, 1.82) is 0 Å². The van der Waals surface area contributed by atoms with Crippen molar-refractivity contribution in [3.05, 3.63) is 58.0 Å². The van der Waals surface area contributed by atoms with Gasteiger partial charge in [-0.2, -0.15) is 0 Å². The van der Waals surface area contributed by atoms with Crippen molar-refractivity contribution >= 4 is 52.2 Å². The molecule has 0 bridgehead atoms. The Labute approximate surface area is 176 Å². The molecule has 1 heterocycles. The van der Waals surface area contributed by atoms with Crippen LogP contribution in [0.25, 0.3) is 6.08 Å². The first-order valence-electron chi connectivity index (χ1n) is 8.61. The van der Waals surface area contributed by atoms with Crippen molar-refractivity contribution in [2.45, 2.75) is 6.92 Å². The first-order chi connectivity index (χ1) is 13.9. The standard InChI is InChI=1S/C20H17ClN2O5S/c1-2-27-14-6-4-13(5-7-14)22-20-23-19(26)17(29-20)10-12-3-8-16(15(21)9-12)28-11-18(24)25/h3-10H,2,11H2,1H3,(H,24,25)(H,22,23,26). The van der Waals surface area contributed by atoms with Crippen molar-refractivity contribution in [3.63, 3.8) is 0 Å². The zero-order chi connectivity index (χ0) is 20.8. The highest BCUT2D eigenvalue weighted by Crippen LogP contribution is 2.31. The van der Waals surface area contributed by atoms with Crippen LogP contribution in [0.5, 0.6) is 11.5 Å². The maximum Gasteiger partial charge on any atom is 0.341 e. The minimum atomic E-state index is -1.09. The van der Waals surface area contributed by atoms with E-state index in [2.05, 4.69) is 10.3 Å². The molecule has 1 saturated heterocycles. The van der Waals surface area contributed by atoms with Gasteiger partial charge in [0.2, 0.25) is 0 Å². The summed E-state index contributed by atoms with van der Waals surface area (Å²) in [6.45, 7) is 2.02. The van der Waals surface area contributed by atoms with E-state index in [1.54, 1.807) is 24.3 Å². The van der Waals surface area contributed by atoms with E-state index >= 15 is 0 Å². The van der Waals surface area contributed by atoms with Crippen LogP contribution in [0, 0.1) is 0 Å².